The van der Waals surface area contributed by atoms with Crippen molar-refractivity contribution in [3.05, 3.63) is 35.4 Å². The van der Waals surface area contributed by atoms with Crippen LogP contribution < -0.4 is 0 Å². The lowest BCUT2D eigenvalue weighted by Crippen LogP contribution is -2.22. The maximum Gasteiger partial charge on any atom is 0.341 e. The highest BCUT2D eigenvalue weighted by Crippen LogP contribution is 2.34. The Morgan fingerprint density at radius 2 is 1.64 bits per heavy atom. The van der Waals surface area contributed by atoms with Crippen LogP contribution in [0.3, 0.4) is 0 Å². The molecule has 1 aliphatic carbocycles. The molecule has 1 aromatic carbocycles. The van der Waals surface area contributed by atoms with Crippen LogP contribution in [-0.4, -0.2) is 18.7 Å². The molecule has 0 spiro atoms. The van der Waals surface area contributed by atoms with E-state index in [0.29, 0.717) is 18.1 Å². The van der Waals surface area contributed by atoms with Crippen molar-refractivity contribution in [3.63, 3.8) is 0 Å². The fraction of sp³-hybridized carbons (Fsp3) is 0.700. The number of ether oxygens (including phenoxy) is 1. The molecule has 1 saturated carbocycles. The molecule has 0 radical (unpaired) electrons. The third kappa shape index (κ3) is 8.66. The summed E-state index contributed by atoms with van der Waals surface area (Å²) in [6.07, 6.45) is 11.1. The number of hydrogen-bond donors (Lipinski definition) is 0. The van der Waals surface area contributed by atoms with Gasteiger partial charge in [0.15, 0.2) is 0 Å². The third-order valence-corrected chi connectivity index (χ3v) is 7.77. The van der Waals surface area contributed by atoms with Crippen molar-refractivity contribution in [1.29, 1.82) is 0 Å². The van der Waals surface area contributed by atoms with Crippen molar-refractivity contribution in [2.75, 3.05) is 6.61 Å². The predicted octanol–water partition coefficient (Wildman–Crippen LogP) is 7.51. The van der Waals surface area contributed by atoms with Crippen molar-refractivity contribution in [1.82, 2.24) is 0 Å². The van der Waals surface area contributed by atoms with Gasteiger partial charge in [-0.2, -0.15) is 0 Å². The minimum absolute atomic E-state index is 0.390. The van der Waals surface area contributed by atoms with E-state index in [4.69, 9.17) is 38.0 Å². The molecule has 0 N–H and O–H groups in total. The summed E-state index contributed by atoms with van der Waals surface area (Å²) < 4.78 is 5.98. The zero-order chi connectivity index (χ0) is 18.1. The van der Waals surface area contributed by atoms with Crippen LogP contribution in [0.4, 0.5) is 0 Å². The molecular formula is C20H31Cl3OSi. The van der Waals surface area contributed by atoms with Crippen molar-refractivity contribution in [3.8, 4) is 0 Å². The lowest BCUT2D eigenvalue weighted by molar-refractivity contribution is 0.0251. The van der Waals surface area contributed by atoms with E-state index in [0.717, 1.165) is 25.9 Å². The number of rotatable bonds is 10. The Kier molecular flexibility index (Phi) is 9.65. The Morgan fingerprint density at radius 1 is 0.960 bits per heavy atom. The average molecular weight is 422 g/mol. The molecular weight excluding hydrogens is 391 g/mol. The molecule has 0 aromatic heterocycles. The first-order valence-electron chi connectivity index (χ1n) is 9.75. The molecule has 0 bridgehead atoms. The van der Waals surface area contributed by atoms with E-state index in [1.165, 1.54) is 49.7 Å². The van der Waals surface area contributed by atoms with Gasteiger partial charge < -0.3 is 4.74 Å². The van der Waals surface area contributed by atoms with Gasteiger partial charge in [-0.1, -0.05) is 44.0 Å². The van der Waals surface area contributed by atoms with Crippen LogP contribution in [0.2, 0.25) is 6.04 Å². The first-order valence-corrected chi connectivity index (χ1v) is 15.0. The summed E-state index contributed by atoms with van der Waals surface area (Å²) in [5.74, 6) is 0.693. The predicted molar refractivity (Wildman–Crippen MR) is 113 cm³/mol. The number of halogens is 3. The quantitative estimate of drug-likeness (QED) is 0.216. The number of benzene rings is 1. The van der Waals surface area contributed by atoms with Gasteiger partial charge in [-0.25, -0.2) is 0 Å². The summed E-state index contributed by atoms with van der Waals surface area (Å²) in [5, 5.41) is 0. The second-order valence-corrected chi connectivity index (χ2v) is 16.5. The second-order valence-electron chi connectivity index (χ2n) is 7.26. The van der Waals surface area contributed by atoms with Gasteiger partial charge in [0.2, 0.25) is 0 Å². The zero-order valence-electron chi connectivity index (χ0n) is 15.3. The molecule has 1 nitrogen and oxygen atoms in total. The highest BCUT2D eigenvalue weighted by Gasteiger charge is 2.25. The summed E-state index contributed by atoms with van der Waals surface area (Å²) >= 11 is 17.7. The van der Waals surface area contributed by atoms with E-state index in [-0.39, 0.29) is 0 Å². The van der Waals surface area contributed by atoms with E-state index in [1.807, 2.05) is 0 Å². The van der Waals surface area contributed by atoms with Gasteiger partial charge in [-0.05, 0) is 68.0 Å². The Balaban J connectivity index is 1.67. The number of unbranched alkanes of at least 4 members (excludes halogenated alkanes) is 2. The molecule has 0 unspecified atom stereocenters. The summed E-state index contributed by atoms with van der Waals surface area (Å²) in [5.41, 5.74) is 2.98. The van der Waals surface area contributed by atoms with E-state index < -0.39 is 6.00 Å². The number of aryl methyl sites for hydroxylation is 1. The Bertz CT molecular complexity index is 479. The lowest BCUT2D eigenvalue weighted by atomic mass is 9.82. The lowest BCUT2D eigenvalue weighted by Gasteiger charge is -2.29. The molecule has 25 heavy (non-hydrogen) atoms. The smallest absolute Gasteiger partial charge is 0.341 e. The maximum absolute atomic E-state index is 5.98. The fourth-order valence-electron chi connectivity index (χ4n) is 3.62. The summed E-state index contributed by atoms with van der Waals surface area (Å²) in [6, 6.07) is 7.56. The minimum atomic E-state index is -2.48. The summed E-state index contributed by atoms with van der Waals surface area (Å²) in [6.45, 7) is 2.98. The standard InChI is InChI=1S/C20H31Cl3OSi/c1-2-3-4-6-17-7-9-18(10-8-17)19-11-13-20(14-12-19)24-15-5-16-25(21,22)23/h7-10,19-20H,2-6,11-16H2,1H3. The zero-order valence-corrected chi connectivity index (χ0v) is 18.6. The maximum atomic E-state index is 5.98. The molecule has 0 heterocycles. The fourth-order valence-corrected chi connectivity index (χ4v) is 5.37. The molecule has 0 amide bonds. The molecule has 0 saturated heterocycles. The minimum Gasteiger partial charge on any atom is -0.378 e. The van der Waals surface area contributed by atoms with Gasteiger partial charge in [-0.15, -0.1) is 33.2 Å². The van der Waals surface area contributed by atoms with E-state index in [1.54, 1.807) is 0 Å². The molecule has 5 heteroatoms. The van der Waals surface area contributed by atoms with E-state index in [2.05, 4.69) is 31.2 Å². The van der Waals surface area contributed by atoms with Crippen molar-refractivity contribution < 1.29 is 4.74 Å². The van der Waals surface area contributed by atoms with E-state index in [9.17, 15) is 0 Å². The summed E-state index contributed by atoms with van der Waals surface area (Å²) in [7, 11) is 0. The first kappa shape index (κ1) is 21.6. The molecule has 1 fully saturated rings. The molecule has 142 valence electrons. The van der Waals surface area contributed by atoms with Crippen LogP contribution in [0.25, 0.3) is 0 Å². The van der Waals surface area contributed by atoms with Crippen LogP contribution in [-0.2, 0) is 11.2 Å². The van der Waals surface area contributed by atoms with Crippen LogP contribution in [0.5, 0.6) is 0 Å². The van der Waals surface area contributed by atoms with Crippen LogP contribution in [0.15, 0.2) is 24.3 Å². The van der Waals surface area contributed by atoms with Crippen LogP contribution in [0.1, 0.15) is 75.3 Å². The monoisotopic (exact) mass is 420 g/mol. The normalized spacial score (nSPS) is 21.4. The molecule has 0 atom stereocenters. The largest absolute Gasteiger partial charge is 0.378 e. The Morgan fingerprint density at radius 3 is 2.24 bits per heavy atom. The van der Waals surface area contributed by atoms with Gasteiger partial charge in [-0.3, -0.25) is 0 Å². The van der Waals surface area contributed by atoms with Gasteiger partial charge in [0.05, 0.1) is 6.10 Å². The highest BCUT2D eigenvalue weighted by atomic mass is 35.8. The highest BCUT2D eigenvalue weighted by molar-refractivity contribution is 7.64. The SMILES string of the molecule is CCCCCc1ccc(C2CCC(OCCC[Si](Cl)(Cl)Cl)CC2)cc1. The first-order chi connectivity index (χ1) is 12.0. The van der Waals surface area contributed by atoms with Crippen molar-refractivity contribution in [2.45, 2.75) is 82.8 Å². The third-order valence-electron chi connectivity index (χ3n) is 5.15. The Hall–Kier alpha value is 0.267. The van der Waals surface area contributed by atoms with E-state index >= 15 is 0 Å². The number of hydrogen-bond acceptors (Lipinski definition) is 1. The average Bonchev–Trinajstić information content (AvgIpc) is 2.59. The second kappa shape index (κ2) is 11.2. The molecule has 1 aliphatic rings. The van der Waals surface area contributed by atoms with Crippen LogP contribution >= 0.6 is 33.2 Å². The molecule has 1 aromatic rings. The Labute approximate surface area is 168 Å². The topological polar surface area (TPSA) is 9.23 Å². The van der Waals surface area contributed by atoms with Crippen LogP contribution in [0, 0.1) is 0 Å². The summed E-state index contributed by atoms with van der Waals surface area (Å²) in [4.78, 5) is 0. The van der Waals surface area contributed by atoms with Crippen molar-refractivity contribution in [2.24, 2.45) is 0 Å². The molecule has 0 aliphatic heterocycles. The van der Waals surface area contributed by atoms with Gasteiger partial charge in [0, 0.05) is 6.61 Å². The van der Waals surface area contributed by atoms with Gasteiger partial charge in [0.25, 0.3) is 0 Å². The molecule has 2 rings (SSSR count). The van der Waals surface area contributed by atoms with Gasteiger partial charge in [0.1, 0.15) is 0 Å². The van der Waals surface area contributed by atoms with Crippen molar-refractivity contribution >= 4 is 39.2 Å². The van der Waals surface area contributed by atoms with Gasteiger partial charge >= 0.3 is 6.00 Å².